The molecule has 1 unspecified atom stereocenters. The third kappa shape index (κ3) is 4.36. The van der Waals surface area contributed by atoms with Gasteiger partial charge in [-0.25, -0.2) is 0 Å². The summed E-state index contributed by atoms with van der Waals surface area (Å²) in [4.78, 5) is 26.3. The second kappa shape index (κ2) is 8.99. The van der Waals surface area contributed by atoms with Crippen LogP contribution in [0, 0.1) is 20.8 Å². The van der Waals surface area contributed by atoms with E-state index >= 15 is 0 Å². The SMILES string of the molecule is Cc1cc(C)c(C(=O)[P](=O)c2ccccc2C(=O)c2c(Cl)cc(Cl)cc2Cl)c(C)c1. The molecule has 0 N–H and O–H groups in total. The zero-order valence-electron chi connectivity index (χ0n) is 16.4. The van der Waals surface area contributed by atoms with E-state index in [0.717, 1.165) is 16.7 Å². The van der Waals surface area contributed by atoms with Crippen molar-refractivity contribution >= 4 is 59.2 Å². The van der Waals surface area contributed by atoms with Crippen molar-refractivity contribution in [2.24, 2.45) is 0 Å². The number of rotatable bonds is 5. The minimum atomic E-state index is -2.55. The lowest BCUT2D eigenvalue weighted by Crippen LogP contribution is -2.17. The second-order valence-electron chi connectivity index (χ2n) is 6.96. The summed E-state index contributed by atoms with van der Waals surface area (Å²) in [6.07, 6.45) is 0. The molecule has 0 aliphatic heterocycles. The zero-order valence-corrected chi connectivity index (χ0v) is 19.6. The van der Waals surface area contributed by atoms with E-state index in [1.807, 2.05) is 19.1 Å². The summed E-state index contributed by atoms with van der Waals surface area (Å²) in [6, 6.07) is 12.8. The number of carbonyl (C=O) groups excluding carboxylic acids is 2. The van der Waals surface area contributed by atoms with Gasteiger partial charge < -0.3 is 0 Å². The first kappa shape index (κ1) is 22.7. The van der Waals surface area contributed by atoms with Crippen molar-refractivity contribution in [2.75, 3.05) is 0 Å². The van der Waals surface area contributed by atoms with Gasteiger partial charge in [-0.05, 0) is 56.2 Å². The molecule has 0 aromatic heterocycles. The Morgan fingerprint density at radius 2 is 1.33 bits per heavy atom. The van der Waals surface area contributed by atoms with Gasteiger partial charge in [-0.1, -0.05) is 64.6 Å². The largest absolute Gasteiger partial charge is 0.288 e. The molecule has 1 radical (unpaired) electrons. The monoisotopic (exact) mass is 477 g/mol. The first-order chi connectivity index (χ1) is 14.1. The van der Waals surface area contributed by atoms with Gasteiger partial charge in [0.1, 0.15) is 0 Å². The van der Waals surface area contributed by atoms with Crippen molar-refractivity contribution in [1.29, 1.82) is 0 Å². The highest BCUT2D eigenvalue weighted by molar-refractivity contribution is 7.71. The van der Waals surface area contributed by atoms with Crippen LogP contribution in [-0.2, 0) is 4.57 Å². The molecule has 0 spiro atoms. The summed E-state index contributed by atoms with van der Waals surface area (Å²) in [5.41, 5.74) is 2.55. The van der Waals surface area contributed by atoms with Crippen LogP contribution < -0.4 is 5.30 Å². The van der Waals surface area contributed by atoms with Gasteiger partial charge >= 0.3 is 0 Å². The molecule has 7 heteroatoms. The quantitative estimate of drug-likeness (QED) is 0.290. The summed E-state index contributed by atoms with van der Waals surface area (Å²) in [5, 5.41) is 0.600. The van der Waals surface area contributed by atoms with Crippen LogP contribution in [0.1, 0.15) is 43.0 Å². The summed E-state index contributed by atoms with van der Waals surface area (Å²) in [5.74, 6) is -0.522. The normalized spacial score (nSPS) is 11.3. The van der Waals surface area contributed by atoms with E-state index in [-0.39, 0.29) is 26.5 Å². The van der Waals surface area contributed by atoms with E-state index in [4.69, 9.17) is 34.8 Å². The number of ketones is 1. The highest BCUT2D eigenvalue weighted by Gasteiger charge is 2.27. The summed E-state index contributed by atoms with van der Waals surface area (Å²) >= 11 is 18.3. The Bertz CT molecular complexity index is 1170. The lowest BCUT2D eigenvalue weighted by molar-refractivity contribution is 0.103. The summed E-state index contributed by atoms with van der Waals surface area (Å²) in [6.45, 7) is 5.54. The molecule has 0 fully saturated rings. The molecule has 0 saturated heterocycles. The number of halogens is 3. The van der Waals surface area contributed by atoms with Crippen LogP contribution in [0.2, 0.25) is 15.1 Å². The lowest BCUT2D eigenvalue weighted by Gasteiger charge is -2.13. The Morgan fingerprint density at radius 3 is 1.90 bits per heavy atom. The molecule has 30 heavy (non-hydrogen) atoms. The van der Waals surface area contributed by atoms with Gasteiger partial charge in [0.2, 0.25) is 5.52 Å². The van der Waals surface area contributed by atoms with Gasteiger partial charge in [-0.15, -0.1) is 0 Å². The molecule has 0 aliphatic carbocycles. The number of hydrogen-bond donors (Lipinski definition) is 0. The van der Waals surface area contributed by atoms with Crippen LogP contribution in [0.5, 0.6) is 0 Å². The van der Waals surface area contributed by atoms with E-state index < -0.39 is 19.1 Å². The Morgan fingerprint density at radius 1 is 0.800 bits per heavy atom. The second-order valence-corrected chi connectivity index (χ2v) is 9.69. The topological polar surface area (TPSA) is 51.2 Å². The Hall–Kier alpha value is -2.03. The maximum absolute atomic E-state index is 13.3. The Labute approximate surface area is 190 Å². The molecule has 3 aromatic rings. The van der Waals surface area contributed by atoms with E-state index in [1.165, 1.54) is 24.3 Å². The average molecular weight is 479 g/mol. The fourth-order valence-corrected chi connectivity index (χ4v) is 5.84. The van der Waals surface area contributed by atoms with E-state index in [9.17, 15) is 14.2 Å². The minimum absolute atomic E-state index is 0.0497. The maximum atomic E-state index is 13.3. The van der Waals surface area contributed by atoms with Crippen LogP contribution in [0.4, 0.5) is 0 Å². The van der Waals surface area contributed by atoms with Gasteiger partial charge in [0.25, 0.3) is 0 Å². The molecule has 0 heterocycles. The van der Waals surface area contributed by atoms with Crippen LogP contribution in [0.25, 0.3) is 0 Å². The molecule has 3 nitrogen and oxygen atoms in total. The molecule has 3 aromatic carbocycles. The van der Waals surface area contributed by atoms with Gasteiger partial charge in [-0.3, -0.25) is 14.2 Å². The molecule has 1 atom stereocenters. The van der Waals surface area contributed by atoms with Gasteiger partial charge in [0, 0.05) is 16.1 Å². The highest BCUT2D eigenvalue weighted by Crippen LogP contribution is 2.34. The highest BCUT2D eigenvalue weighted by atomic mass is 35.5. The average Bonchev–Trinajstić information content (AvgIpc) is 2.65. The van der Waals surface area contributed by atoms with Crippen LogP contribution in [-0.4, -0.2) is 11.3 Å². The molecule has 153 valence electrons. The maximum Gasteiger partial charge on any atom is 0.247 e. The molecule has 0 saturated carbocycles. The van der Waals surface area contributed by atoms with Crippen molar-refractivity contribution < 1.29 is 14.2 Å². The van der Waals surface area contributed by atoms with E-state index in [2.05, 4.69) is 0 Å². The number of hydrogen-bond acceptors (Lipinski definition) is 3. The predicted molar refractivity (Wildman–Crippen MR) is 124 cm³/mol. The number of carbonyl (C=O) groups is 2. The van der Waals surface area contributed by atoms with Crippen molar-refractivity contribution in [2.45, 2.75) is 20.8 Å². The number of aryl methyl sites for hydroxylation is 3. The molecular formula is C23H17Cl3O3P. The van der Waals surface area contributed by atoms with Gasteiger partial charge in [-0.2, -0.15) is 0 Å². The van der Waals surface area contributed by atoms with Crippen molar-refractivity contribution in [3.63, 3.8) is 0 Å². The fraction of sp³-hybridized carbons (Fsp3) is 0.130. The third-order valence-electron chi connectivity index (χ3n) is 4.68. The number of benzene rings is 3. The van der Waals surface area contributed by atoms with Gasteiger partial charge in [0.15, 0.2) is 13.6 Å². The lowest BCUT2D eigenvalue weighted by atomic mass is 10.0. The Kier molecular flexibility index (Phi) is 6.79. The molecule has 0 aliphatic rings. The van der Waals surface area contributed by atoms with Crippen LogP contribution in [0.15, 0.2) is 48.5 Å². The molecule has 3 rings (SSSR count). The zero-order chi connectivity index (χ0) is 22.2. The minimum Gasteiger partial charge on any atom is -0.288 e. The van der Waals surface area contributed by atoms with Gasteiger partial charge in [0.05, 0.1) is 20.9 Å². The van der Waals surface area contributed by atoms with Crippen LogP contribution >= 0.6 is 42.6 Å². The standard InChI is InChI=1S/C23H17Cl3O3P/c1-12-8-13(2)20(14(3)9-12)23(28)30(29)19-7-5-4-6-16(19)22(27)21-17(25)10-15(24)11-18(21)26/h4-11H,1-3H3. The fourth-order valence-electron chi connectivity index (χ4n) is 3.46. The molecular weight excluding hydrogens is 462 g/mol. The van der Waals surface area contributed by atoms with E-state index in [0.29, 0.717) is 10.6 Å². The molecule has 0 amide bonds. The summed E-state index contributed by atoms with van der Waals surface area (Å²) in [7, 11) is -2.55. The van der Waals surface area contributed by atoms with Crippen molar-refractivity contribution in [3.8, 4) is 0 Å². The van der Waals surface area contributed by atoms with Crippen LogP contribution in [0.3, 0.4) is 0 Å². The first-order valence-corrected chi connectivity index (χ1v) is 11.4. The first-order valence-electron chi connectivity index (χ1n) is 8.99. The predicted octanol–water partition coefficient (Wildman–Crippen LogP) is 7.10. The molecule has 0 bridgehead atoms. The van der Waals surface area contributed by atoms with Crippen molar-refractivity contribution in [3.05, 3.63) is 97.0 Å². The van der Waals surface area contributed by atoms with Crippen molar-refractivity contribution in [1.82, 2.24) is 0 Å². The van der Waals surface area contributed by atoms with E-state index in [1.54, 1.807) is 26.0 Å². The third-order valence-corrected chi connectivity index (χ3v) is 6.91. The Balaban J connectivity index is 2.09. The smallest absolute Gasteiger partial charge is 0.247 e. The summed E-state index contributed by atoms with van der Waals surface area (Å²) < 4.78 is 13.3.